The minimum atomic E-state index is -3.80. The van der Waals surface area contributed by atoms with Crippen LogP contribution in [0.2, 0.25) is 0 Å². The molecule has 0 aliphatic rings. The number of carbonyl (C=O) groups excluding carboxylic acids is 2. The first kappa shape index (κ1) is 21.9. The second-order valence-electron chi connectivity index (χ2n) is 5.78. The van der Waals surface area contributed by atoms with Crippen LogP contribution in [0.25, 0.3) is 0 Å². The van der Waals surface area contributed by atoms with Gasteiger partial charge in [0.05, 0.1) is 11.4 Å². The summed E-state index contributed by atoms with van der Waals surface area (Å²) in [5.74, 6) is 1.96. The van der Waals surface area contributed by atoms with Gasteiger partial charge < -0.3 is 15.4 Å². The number of terminal acetylenes is 1. The number of likely N-dealkylation sites (N-methyl/N-ethyl adjacent to an activating group) is 1. The van der Waals surface area contributed by atoms with E-state index in [1.165, 1.54) is 24.3 Å². The van der Waals surface area contributed by atoms with E-state index in [9.17, 15) is 18.0 Å². The smallest absolute Gasteiger partial charge is 0.257 e. The van der Waals surface area contributed by atoms with E-state index in [0.717, 1.165) is 0 Å². The average molecular weight is 415 g/mol. The van der Waals surface area contributed by atoms with E-state index in [4.69, 9.17) is 11.2 Å². The lowest BCUT2D eigenvalue weighted by Gasteiger charge is -2.09. The van der Waals surface area contributed by atoms with Crippen molar-refractivity contribution < 1.29 is 22.7 Å². The van der Waals surface area contributed by atoms with E-state index in [1.54, 1.807) is 24.3 Å². The Morgan fingerprint density at radius 3 is 2.52 bits per heavy atom. The highest BCUT2D eigenvalue weighted by molar-refractivity contribution is 7.89. The lowest BCUT2D eigenvalue weighted by Crippen LogP contribution is -2.28. The number of hydrogen-bond donors (Lipinski definition) is 3. The molecule has 0 aliphatic heterocycles. The van der Waals surface area contributed by atoms with Crippen LogP contribution in [0.1, 0.15) is 17.3 Å². The number of ether oxygens (including phenoxy) is 1. The Labute approximate surface area is 169 Å². The van der Waals surface area contributed by atoms with Crippen molar-refractivity contribution >= 4 is 27.5 Å². The molecule has 2 aromatic carbocycles. The predicted octanol–water partition coefficient (Wildman–Crippen LogP) is 1.37. The van der Waals surface area contributed by atoms with E-state index in [-0.39, 0.29) is 29.5 Å². The maximum absolute atomic E-state index is 12.4. The molecule has 9 heteroatoms. The molecule has 0 aromatic heterocycles. The number of carbonyl (C=O) groups is 2. The lowest BCUT2D eigenvalue weighted by atomic mass is 10.2. The molecular formula is C20H21N3O5S. The van der Waals surface area contributed by atoms with Crippen LogP contribution >= 0.6 is 0 Å². The SMILES string of the molecule is C#CCNS(=O)(=O)c1cccc(C(=O)Nc2ccc(OCC(=O)NCC)cc2)c1. The summed E-state index contributed by atoms with van der Waals surface area (Å²) in [6.07, 6.45) is 5.07. The quantitative estimate of drug-likeness (QED) is 0.535. The Morgan fingerprint density at radius 1 is 1.14 bits per heavy atom. The van der Waals surface area contributed by atoms with Crippen molar-refractivity contribution in [3.05, 3.63) is 54.1 Å². The highest BCUT2D eigenvalue weighted by Gasteiger charge is 2.15. The molecule has 0 atom stereocenters. The molecule has 0 saturated carbocycles. The highest BCUT2D eigenvalue weighted by Crippen LogP contribution is 2.17. The fraction of sp³-hybridized carbons (Fsp3) is 0.200. The summed E-state index contributed by atoms with van der Waals surface area (Å²) >= 11 is 0. The van der Waals surface area contributed by atoms with Gasteiger partial charge in [-0.3, -0.25) is 9.59 Å². The van der Waals surface area contributed by atoms with Crippen LogP contribution in [0.15, 0.2) is 53.4 Å². The summed E-state index contributed by atoms with van der Waals surface area (Å²) in [5.41, 5.74) is 0.657. The predicted molar refractivity (Wildman–Crippen MR) is 109 cm³/mol. The van der Waals surface area contributed by atoms with Gasteiger partial charge in [-0.15, -0.1) is 6.42 Å². The summed E-state index contributed by atoms with van der Waals surface area (Å²) < 4.78 is 31.8. The number of benzene rings is 2. The number of rotatable bonds is 9. The molecule has 2 aromatic rings. The van der Waals surface area contributed by atoms with E-state index in [1.807, 2.05) is 6.92 Å². The molecule has 0 saturated heterocycles. The molecule has 0 spiro atoms. The number of nitrogens with one attached hydrogen (secondary N) is 3. The highest BCUT2D eigenvalue weighted by atomic mass is 32.2. The van der Waals surface area contributed by atoms with Gasteiger partial charge in [0.15, 0.2) is 6.61 Å². The summed E-state index contributed by atoms with van der Waals surface area (Å²) in [7, 11) is -3.80. The molecule has 2 rings (SSSR count). The second-order valence-corrected chi connectivity index (χ2v) is 7.54. The first-order valence-electron chi connectivity index (χ1n) is 8.70. The Hall–Kier alpha value is -3.35. The van der Waals surface area contributed by atoms with Crippen LogP contribution in [-0.2, 0) is 14.8 Å². The third kappa shape index (κ3) is 6.64. The van der Waals surface area contributed by atoms with Crippen molar-refractivity contribution in [1.82, 2.24) is 10.0 Å². The van der Waals surface area contributed by atoms with Crippen LogP contribution in [0.3, 0.4) is 0 Å². The largest absolute Gasteiger partial charge is 0.484 e. The van der Waals surface area contributed by atoms with E-state index in [0.29, 0.717) is 18.0 Å². The molecule has 8 nitrogen and oxygen atoms in total. The molecule has 152 valence electrons. The van der Waals surface area contributed by atoms with E-state index < -0.39 is 15.9 Å². The zero-order valence-electron chi connectivity index (χ0n) is 15.8. The van der Waals surface area contributed by atoms with Crippen molar-refractivity contribution in [2.24, 2.45) is 0 Å². The first-order valence-corrected chi connectivity index (χ1v) is 10.2. The zero-order valence-corrected chi connectivity index (χ0v) is 16.6. The Bertz CT molecular complexity index is 1010. The van der Waals surface area contributed by atoms with Gasteiger partial charge in [-0.2, -0.15) is 4.72 Å². The maximum atomic E-state index is 12.4. The van der Waals surface area contributed by atoms with Crippen molar-refractivity contribution in [1.29, 1.82) is 0 Å². The molecule has 29 heavy (non-hydrogen) atoms. The monoisotopic (exact) mass is 415 g/mol. The van der Waals surface area contributed by atoms with Crippen LogP contribution < -0.4 is 20.1 Å². The zero-order chi connectivity index (χ0) is 21.3. The summed E-state index contributed by atoms with van der Waals surface area (Å²) in [6.45, 7) is 2.09. The molecule has 0 aliphatic carbocycles. The first-order chi connectivity index (χ1) is 13.9. The molecule has 3 N–H and O–H groups in total. The molecular weight excluding hydrogens is 394 g/mol. The summed E-state index contributed by atoms with van der Waals surface area (Å²) in [6, 6.07) is 12.0. The molecule has 0 unspecified atom stereocenters. The van der Waals surface area contributed by atoms with Gasteiger partial charge in [0, 0.05) is 17.8 Å². The van der Waals surface area contributed by atoms with Crippen LogP contribution in [-0.4, -0.2) is 39.9 Å². The molecule has 0 heterocycles. The standard InChI is InChI=1S/C20H21N3O5S/c1-3-12-22-29(26,27)18-7-5-6-15(13-18)20(25)23-16-8-10-17(11-9-16)28-14-19(24)21-4-2/h1,5-11,13,22H,4,12,14H2,2H3,(H,21,24)(H,23,25). The van der Waals surface area contributed by atoms with Crippen LogP contribution in [0.5, 0.6) is 5.75 Å². The van der Waals surface area contributed by atoms with Crippen molar-refractivity contribution in [3.8, 4) is 18.1 Å². The van der Waals surface area contributed by atoms with Crippen molar-refractivity contribution in [3.63, 3.8) is 0 Å². The average Bonchev–Trinajstić information content (AvgIpc) is 2.72. The molecule has 0 radical (unpaired) electrons. The topological polar surface area (TPSA) is 114 Å². The fourth-order valence-corrected chi connectivity index (χ4v) is 3.24. The Morgan fingerprint density at radius 2 is 1.86 bits per heavy atom. The van der Waals surface area contributed by atoms with Gasteiger partial charge in [0.1, 0.15) is 5.75 Å². The third-order valence-electron chi connectivity index (χ3n) is 3.63. The number of amides is 2. The van der Waals surface area contributed by atoms with Gasteiger partial charge >= 0.3 is 0 Å². The Kier molecular flexibility index (Phi) is 7.77. The van der Waals surface area contributed by atoms with Crippen LogP contribution in [0, 0.1) is 12.3 Å². The normalized spacial score (nSPS) is 10.6. The van der Waals surface area contributed by atoms with Gasteiger partial charge in [0.25, 0.3) is 11.8 Å². The Balaban J connectivity index is 2.02. The van der Waals surface area contributed by atoms with E-state index in [2.05, 4.69) is 21.3 Å². The molecule has 0 bridgehead atoms. The summed E-state index contributed by atoms with van der Waals surface area (Å²) in [5, 5.41) is 5.29. The number of sulfonamides is 1. The van der Waals surface area contributed by atoms with E-state index >= 15 is 0 Å². The molecule has 2 amide bonds. The van der Waals surface area contributed by atoms with Gasteiger partial charge in [-0.05, 0) is 49.4 Å². The lowest BCUT2D eigenvalue weighted by molar-refractivity contribution is -0.122. The minimum Gasteiger partial charge on any atom is -0.484 e. The number of anilines is 1. The maximum Gasteiger partial charge on any atom is 0.257 e. The van der Waals surface area contributed by atoms with Gasteiger partial charge in [-0.25, -0.2) is 8.42 Å². The number of hydrogen-bond acceptors (Lipinski definition) is 5. The van der Waals surface area contributed by atoms with Crippen molar-refractivity contribution in [2.45, 2.75) is 11.8 Å². The third-order valence-corrected chi connectivity index (χ3v) is 5.03. The fourth-order valence-electron chi connectivity index (χ4n) is 2.26. The minimum absolute atomic E-state index is 0.0606. The second kappa shape index (κ2) is 10.3. The van der Waals surface area contributed by atoms with Gasteiger partial charge in [0.2, 0.25) is 10.0 Å². The summed E-state index contributed by atoms with van der Waals surface area (Å²) in [4.78, 5) is 23.8. The van der Waals surface area contributed by atoms with Crippen molar-refractivity contribution in [2.75, 3.05) is 25.0 Å². The van der Waals surface area contributed by atoms with Gasteiger partial charge in [-0.1, -0.05) is 12.0 Å². The molecule has 0 fully saturated rings. The van der Waals surface area contributed by atoms with Crippen LogP contribution in [0.4, 0.5) is 5.69 Å².